The molecule has 3 nitrogen and oxygen atoms in total. The van der Waals surface area contributed by atoms with Gasteiger partial charge in [-0.2, -0.15) is 10.5 Å². The molecular formula is C25H32N2OSi2. The molecule has 0 heterocycles. The lowest BCUT2D eigenvalue weighted by molar-refractivity contribution is 0.271. The van der Waals surface area contributed by atoms with Crippen LogP contribution in [0.2, 0.25) is 25.2 Å². The van der Waals surface area contributed by atoms with Gasteiger partial charge in [-0.15, -0.1) is 0 Å². The van der Waals surface area contributed by atoms with Gasteiger partial charge >= 0.3 is 0 Å². The van der Waals surface area contributed by atoms with Crippen molar-refractivity contribution in [1.29, 1.82) is 10.5 Å². The Hall–Kier alpha value is -2.48. The van der Waals surface area contributed by atoms with Crippen LogP contribution in [-0.4, -0.2) is 21.2 Å². The number of carbonyl (C=O) groups excluding carboxylic acids is 1. The van der Waals surface area contributed by atoms with Gasteiger partial charge in [0.1, 0.15) is 16.1 Å². The quantitative estimate of drug-likeness (QED) is 0.280. The van der Waals surface area contributed by atoms with Gasteiger partial charge in [-0.3, -0.25) is 0 Å². The molecule has 30 heavy (non-hydrogen) atoms. The zero-order chi connectivity index (χ0) is 21.9. The molecule has 2 atom stereocenters. The summed E-state index contributed by atoms with van der Waals surface area (Å²) in [5.41, 5.74) is 2.45. The average molecular weight is 433 g/mol. The van der Waals surface area contributed by atoms with Gasteiger partial charge in [-0.1, -0.05) is 84.9 Å². The van der Waals surface area contributed by atoms with Gasteiger partial charge in [-0.05, 0) is 37.0 Å². The van der Waals surface area contributed by atoms with E-state index in [1.165, 1.54) is 11.1 Å². The summed E-state index contributed by atoms with van der Waals surface area (Å²) < 4.78 is 0. The van der Waals surface area contributed by atoms with Crippen molar-refractivity contribution in [2.75, 3.05) is 0 Å². The highest BCUT2D eigenvalue weighted by molar-refractivity contribution is 7.32. The van der Waals surface area contributed by atoms with Crippen molar-refractivity contribution >= 4 is 21.2 Å². The van der Waals surface area contributed by atoms with Crippen LogP contribution in [0.4, 0.5) is 4.79 Å². The van der Waals surface area contributed by atoms with Crippen molar-refractivity contribution in [3.63, 3.8) is 0 Å². The Morgan fingerprint density at radius 1 is 0.733 bits per heavy atom. The van der Waals surface area contributed by atoms with Crippen LogP contribution in [0.15, 0.2) is 60.7 Å². The third-order valence-electron chi connectivity index (χ3n) is 6.00. The summed E-state index contributed by atoms with van der Waals surface area (Å²) in [5.74, 6) is 0. The normalized spacial score (nSPS) is 14.7. The fraction of sp³-hybridized carbons (Fsp3) is 0.400. The Morgan fingerprint density at radius 2 is 1.10 bits per heavy atom. The monoisotopic (exact) mass is 432 g/mol. The number of carbonyl (C=O) groups is 1. The lowest BCUT2D eigenvalue weighted by Gasteiger charge is -2.36. The Kier molecular flexibility index (Phi) is 9.24. The summed E-state index contributed by atoms with van der Waals surface area (Å²) in [4.78, 5) is 14.2. The van der Waals surface area contributed by atoms with Gasteiger partial charge in [0, 0.05) is 12.8 Å². The van der Waals surface area contributed by atoms with E-state index in [0.29, 0.717) is 17.9 Å². The molecule has 0 aliphatic heterocycles. The second kappa shape index (κ2) is 11.6. The van der Waals surface area contributed by atoms with Crippen molar-refractivity contribution in [3.05, 3.63) is 71.8 Å². The number of hydrogen-bond donors (Lipinski definition) is 0. The predicted octanol–water partition coefficient (Wildman–Crippen LogP) is 6.60. The minimum absolute atomic E-state index is 0.510. The molecule has 5 heteroatoms. The van der Waals surface area contributed by atoms with Crippen LogP contribution in [0.1, 0.15) is 36.8 Å². The van der Waals surface area contributed by atoms with Crippen molar-refractivity contribution in [1.82, 2.24) is 0 Å². The average Bonchev–Trinajstić information content (AvgIpc) is 2.75. The summed E-state index contributed by atoms with van der Waals surface area (Å²) in [5, 5.41) is 18.6. The topological polar surface area (TPSA) is 64.7 Å². The Labute approximate surface area is 183 Å². The number of unbranched alkanes of at least 4 members (excludes halogenated alkanes) is 2. The van der Waals surface area contributed by atoms with Crippen LogP contribution >= 0.6 is 0 Å². The third-order valence-corrected chi connectivity index (χ3v) is 17.1. The maximum atomic E-state index is 14.2. The molecule has 2 unspecified atom stereocenters. The van der Waals surface area contributed by atoms with Gasteiger partial charge < -0.3 is 4.79 Å². The van der Waals surface area contributed by atoms with Crippen molar-refractivity contribution < 1.29 is 4.79 Å². The molecule has 0 saturated carbocycles. The van der Waals surface area contributed by atoms with E-state index in [2.05, 4.69) is 49.5 Å². The van der Waals surface area contributed by atoms with Crippen LogP contribution in [0.3, 0.4) is 0 Å². The molecule has 2 rings (SSSR count). The number of hydrogen-bond acceptors (Lipinski definition) is 3. The van der Waals surface area contributed by atoms with E-state index in [-0.39, 0.29) is 0 Å². The molecule has 0 bridgehead atoms. The van der Waals surface area contributed by atoms with E-state index in [1.54, 1.807) is 0 Å². The molecular weight excluding hydrogens is 400 g/mol. The zero-order valence-electron chi connectivity index (χ0n) is 18.2. The fourth-order valence-corrected chi connectivity index (χ4v) is 16.9. The van der Waals surface area contributed by atoms with Gasteiger partial charge in [0.05, 0.1) is 17.2 Å². The first kappa shape index (κ1) is 23.8. The largest absolute Gasteiger partial charge is 0.311 e. The Balaban J connectivity index is 2.36. The smallest absolute Gasteiger partial charge is 0.128 e. The molecule has 2 aromatic carbocycles. The maximum Gasteiger partial charge on any atom is 0.128 e. The van der Waals surface area contributed by atoms with Crippen LogP contribution in [0.25, 0.3) is 0 Å². The standard InChI is InChI=1S/C25H32N2OSi2/c1-29(19-11-9-17-26,21-23-13-5-3-6-14-23)25(28)30(2,20-12-10-18-27)22-24-15-7-4-8-16-24/h3-8,13-16H,9-12,19-22H2,1-2H3. The lowest BCUT2D eigenvalue weighted by atomic mass is 10.2. The molecule has 0 radical (unpaired) electrons. The fourth-order valence-electron chi connectivity index (χ4n) is 4.50. The van der Waals surface area contributed by atoms with E-state index in [9.17, 15) is 4.79 Å². The number of benzene rings is 2. The number of nitriles is 2. The molecule has 0 aliphatic rings. The van der Waals surface area contributed by atoms with Crippen molar-refractivity contribution in [2.45, 2.75) is 63.0 Å². The van der Waals surface area contributed by atoms with Gasteiger partial charge in [0.15, 0.2) is 0 Å². The van der Waals surface area contributed by atoms with Crippen molar-refractivity contribution in [2.24, 2.45) is 0 Å². The van der Waals surface area contributed by atoms with Crippen LogP contribution in [-0.2, 0) is 12.1 Å². The summed E-state index contributed by atoms with van der Waals surface area (Å²) in [7, 11) is -4.58. The highest BCUT2D eigenvalue weighted by Crippen LogP contribution is 2.31. The second-order valence-corrected chi connectivity index (χ2v) is 18.2. The van der Waals surface area contributed by atoms with E-state index in [4.69, 9.17) is 10.5 Å². The number of nitrogens with zero attached hydrogens (tertiary/aromatic N) is 2. The SMILES string of the molecule is C[Si](CCCC#N)(Cc1ccccc1)C(=O)[Si](C)(CCCC#N)Cc1ccccc1. The molecule has 0 aromatic heterocycles. The third kappa shape index (κ3) is 6.80. The van der Waals surface area contributed by atoms with E-state index < -0.39 is 16.1 Å². The zero-order valence-corrected chi connectivity index (χ0v) is 20.2. The van der Waals surface area contributed by atoms with Gasteiger partial charge in [-0.25, -0.2) is 0 Å². The molecule has 0 N–H and O–H groups in total. The minimum Gasteiger partial charge on any atom is -0.311 e. The first-order valence-electron chi connectivity index (χ1n) is 10.8. The summed E-state index contributed by atoms with van der Waals surface area (Å²) in [6, 6.07) is 28.6. The number of rotatable bonds is 12. The maximum absolute atomic E-state index is 14.2. The molecule has 0 spiro atoms. The minimum atomic E-state index is -2.29. The summed E-state index contributed by atoms with van der Waals surface area (Å²) in [6.45, 7) is 4.47. The first-order chi connectivity index (χ1) is 14.4. The lowest BCUT2D eigenvalue weighted by Crippen LogP contribution is -2.58. The van der Waals surface area contributed by atoms with E-state index in [1.807, 2.05) is 36.4 Å². The summed E-state index contributed by atoms with van der Waals surface area (Å²) in [6.07, 6.45) is 2.61. The highest BCUT2D eigenvalue weighted by atomic mass is 28.4. The highest BCUT2D eigenvalue weighted by Gasteiger charge is 2.47. The van der Waals surface area contributed by atoms with Crippen LogP contribution in [0, 0.1) is 22.7 Å². The van der Waals surface area contributed by atoms with Crippen molar-refractivity contribution in [3.8, 4) is 12.1 Å². The molecule has 0 saturated heterocycles. The van der Waals surface area contributed by atoms with Gasteiger partial charge in [0.2, 0.25) is 0 Å². The van der Waals surface area contributed by atoms with Crippen LogP contribution in [0.5, 0.6) is 0 Å². The summed E-state index contributed by atoms with van der Waals surface area (Å²) >= 11 is 0. The van der Waals surface area contributed by atoms with E-state index >= 15 is 0 Å². The molecule has 0 aliphatic carbocycles. The molecule has 0 amide bonds. The molecule has 0 fully saturated rings. The van der Waals surface area contributed by atoms with Gasteiger partial charge in [0.25, 0.3) is 0 Å². The predicted molar refractivity (Wildman–Crippen MR) is 128 cm³/mol. The first-order valence-corrected chi connectivity index (χ1v) is 16.6. The molecule has 156 valence electrons. The Morgan fingerprint density at radius 3 is 1.43 bits per heavy atom. The second-order valence-electron chi connectivity index (χ2n) is 8.80. The molecule has 2 aromatic rings. The Bertz CT molecular complexity index is 815. The van der Waals surface area contributed by atoms with E-state index in [0.717, 1.165) is 37.0 Å². The van der Waals surface area contributed by atoms with Crippen LogP contribution < -0.4 is 0 Å².